The summed E-state index contributed by atoms with van der Waals surface area (Å²) in [5, 5.41) is -0.433. The van der Waals surface area contributed by atoms with Crippen LogP contribution in [-0.4, -0.2) is 29.2 Å². The second kappa shape index (κ2) is 8.36. The number of sulfonamides is 1. The maximum atomic E-state index is 14.4. The highest BCUT2D eigenvalue weighted by atomic mass is 35.5. The zero-order valence-electron chi connectivity index (χ0n) is 14.6. The Balaban J connectivity index is 2.73. The molecule has 29 heavy (non-hydrogen) atoms. The minimum atomic E-state index is -5.11. The van der Waals surface area contributed by atoms with Gasteiger partial charge in [-0.3, -0.25) is 9.52 Å². The van der Waals surface area contributed by atoms with E-state index in [2.05, 4.69) is 0 Å². The summed E-state index contributed by atoms with van der Waals surface area (Å²) < 4.78 is 80.1. The molecule has 14 heteroatoms. The van der Waals surface area contributed by atoms with Gasteiger partial charge in [0.1, 0.15) is 11.4 Å². The number of rotatable bonds is 6. The fraction of sp³-hybridized carbons (Fsp3) is 0.333. The van der Waals surface area contributed by atoms with Gasteiger partial charge in [0.05, 0.1) is 22.2 Å². The smallest absolute Gasteiger partial charge is 0.303 e. The van der Waals surface area contributed by atoms with Gasteiger partial charge in [0.15, 0.2) is 0 Å². The minimum Gasteiger partial charge on any atom is -0.303 e. The lowest BCUT2D eigenvalue weighted by Crippen LogP contribution is -2.41. The Morgan fingerprint density at radius 1 is 1.21 bits per heavy atom. The van der Waals surface area contributed by atoms with Gasteiger partial charge >= 0.3 is 11.9 Å². The fourth-order valence-electron chi connectivity index (χ4n) is 2.33. The highest BCUT2D eigenvalue weighted by Crippen LogP contribution is 2.29. The Hall–Kier alpha value is -2.05. The van der Waals surface area contributed by atoms with E-state index in [1.807, 2.05) is 4.72 Å². The average molecular weight is 478 g/mol. The first-order valence-corrected chi connectivity index (χ1v) is 10.3. The molecule has 0 atom stereocenters. The second-order valence-electron chi connectivity index (χ2n) is 5.82. The summed E-state index contributed by atoms with van der Waals surface area (Å²) in [4.78, 5) is 24.5. The SMILES string of the molecule is Cn1cc(C(F)(F)F)c(=O)n(-c2cc(NS(=O)(=O)CCCCl)c(Cl)cc2F)c1=O. The Bertz CT molecular complexity index is 1160. The normalized spacial score (nSPS) is 12.2. The number of nitrogens with one attached hydrogen (secondary N) is 1. The molecule has 2 aromatic rings. The van der Waals surface area contributed by atoms with Crippen LogP contribution in [0.1, 0.15) is 12.0 Å². The molecule has 0 spiro atoms. The summed E-state index contributed by atoms with van der Waals surface area (Å²) in [6, 6.07) is 1.24. The van der Waals surface area contributed by atoms with Gasteiger partial charge in [0.2, 0.25) is 10.0 Å². The minimum absolute atomic E-state index is 0.0407. The van der Waals surface area contributed by atoms with E-state index >= 15 is 0 Å². The number of halogens is 6. The third kappa shape index (κ3) is 5.11. The lowest BCUT2D eigenvalue weighted by atomic mass is 10.2. The summed E-state index contributed by atoms with van der Waals surface area (Å²) in [5.74, 6) is -1.68. The quantitative estimate of drug-likeness (QED) is 0.511. The summed E-state index contributed by atoms with van der Waals surface area (Å²) in [5.41, 5.74) is -6.14. The lowest BCUT2D eigenvalue weighted by Gasteiger charge is -2.15. The van der Waals surface area contributed by atoms with Gasteiger partial charge in [-0.15, -0.1) is 11.6 Å². The van der Waals surface area contributed by atoms with E-state index in [4.69, 9.17) is 23.2 Å². The number of benzene rings is 1. The van der Waals surface area contributed by atoms with Crippen molar-refractivity contribution in [2.75, 3.05) is 16.4 Å². The van der Waals surface area contributed by atoms with Gasteiger partial charge in [0, 0.05) is 19.1 Å². The van der Waals surface area contributed by atoms with Crippen molar-refractivity contribution in [1.29, 1.82) is 0 Å². The van der Waals surface area contributed by atoms with E-state index in [1.165, 1.54) is 0 Å². The summed E-state index contributed by atoms with van der Waals surface area (Å²) in [6.45, 7) is 0. The van der Waals surface area contributed by atoms with Crippen LogP contribution in [0.5, 0.6) is 0 Å². The molecule has 0 radical (unpaired) electrons. The van der Waals surface area contributed by atoms with Crippen molar-refractivity contribution in [2.45, 2.75) is 12.6 Å². The van der Waals surface area contributed by atoms with Gasteiger partial charge in [-0.05, 0) is 18.6 Å². The fourth-order valence-corrected chi connectivity index (χ4v) is 4.00. The number of alkyl halides is 4. The third-order valence-electron chi connectivity index (χ3n) is 3.64. The summed E-state index contributed by atoms with van der Waals surface area (Å²) in [7, 11) is -3.04. The van der Waals surface area contributed by atoms with Crippen LogP contribution in [-0.2, 0) is 23.2 Å². The van der Waals surface area contributed by atoms with E-state index < -0.39 is 61.0 Å². The third-order valence-corrected chi connectivity index (χ3v) is 5.58. The van der Waals surface area contributed by atoms with Crippen molar-refractivity contribution in [3.63, 3.8) is 0 Å². The predicted octanol–water partition coefficient (Wildman–Crippen LogP) is 2.72. The molecule has 0 aliphatic heterocycles. The average Bonchev–Trinajstić information content (AvgIpc) is 2.59. The maximum absolute atomic E-state index is 14.4. The van der Waals surface area contributed by atoms with Gasteiger partial charge < -0.3 is 4.57 Å². The molecule has 2 rings (SSSR count). The molecule has 1 N–H and O–H groups in total. The maximum Gasteiger partial charge on any atom is 0.423 e. The molecule has 0 saturated carbocycles. The largest absolute Gasteiger partial charge is 0.423 e. The van der Waals surface area contributed by atoms with Crippen molar-refractivity contribution in [3.8, 4) is 5.69 Å². The number of aromatic nitrogens is 2. The van der Waals surface area contributed by atoms with Crippen molar-refractivity contribution < 1.29 is 26.0 Å². The van der Waals surface area contributed by atoms with Crippen LogP contribution >= 0.6 is 23.2 Å². The van der Waals surface area contributed by atoms with Crippen LogP contribution in [0.3, 0.4) is 0 Å². The number of hydrogen-bond acceptors (Lipinski definition) is 4. The number of aryl methyl sites for hydroxylation is 1. The Kier molecular flexibility index (Phi) is 6.70. The summed E-state index contributed by atoms with van der Waals surface area (Å²) >= 11 is 11.2. The predicted molar refractivity (Wildman–Crippen MR) is 100.0 cm³/mol. The summed E-state index contributed by atoms with van der Waals surface area (Å²) in [6.07, 6.45) is -4.75. The molecule has 1 aromatic carbocycles. The van der Waals surface area contributed by atoms with Crippen molar-refractivity contribution >= 4 is 38.9 Å². The molecule has 0 amide bonds. The molecule has 0 saturated heterocycles. The van der Waals surface area contributed by atoms with Crippen LogP contribution in [0.15, 0.2) is 27.9 Å². The van der Waals surface area contributed by atoms with E-state index in [-0.39, 0.29) is 23.1 Å². The molecule has 0 unspecified atom stereocenters. The highest BCUT2D eigenvalue weighted by molar-refractivity contribution is 7.92. The molecule has 7 nitrogen and oxygen atoms in total. The molecule has 0 bridgehead atoms. The van der Waals surface area contributed by atoms with Crippen molar-refractivity contribution in [1.82, 2.24) is 9.13 Å². The highest BCUT2D eigenvalue weighted by Gasteiger charge is 2.36. The first-order valence-electron chi connectivity index (χ1n) is 7.74. The first-order chi connectivity index (χ1) is 13.3. The Morgan fingerprint density at radius 2 is 1.83 bits per heavy atom. The van der Waals surface area contributed by atoms with E-state index in [0.717, 1.165) is 7.05 Å². The monoisotopic (exact) mass is 477 g/mol. The first kappa shape index (κ1) is 23.2. The van der Waals surface area contributed by atoms with Crippen LogP contribution in [0.2, 0.25) is 5.02 Å². The molecular formula is C15H13Cl2F4N3O4S. The second-order valence-corrected chi connectivity index (χ2v) is 8.45. The number of nitrogens with zero attached hydrogens (tertiary/aromatic N) is 2. The lowest BCUT2D eigenvalue weighted by molar-refractivity contribution is -0.139. The molecule has 0 aliphatic carbocycles. The topological polar surface area (TPSA) is 90.2 Å². The van der Waals surface area contributed by atoms with Gasteiger partial charge in [-0.2, -0.15) is 13.2 Å². The standard InChI is InChI=1S/C15H13Cl2F4N3O4S/c1-23-7-8(15(19,20)21)13(25)24(14(23)26)12-6-11(9(17)5-10(12)18)22-29(27,28)4-2-3-16/h5-7,22H,2-4H2,1H3. The van der Waals surface area contributed by atoms with E-state index in [1.54, 1.807) is 0 Å². The van der Waals surface area contributed by atoms with Gasteiger partial charge in [-0.25, -0.2) is 22.2 Å². The van der Waals surface area contributed by atoms with Crippen LogP contribution in [0.4, 0.5) is 23.2 Å². The van der Waals surface area contributed by atoms with Crippen LogP contribution in [0, 0.1) is 5.82 Å². The molecule has 0 fully saturated rings. The molecule has 0 aliphatic rings. The van der Waals surface area contributed by atoms with E-state index in [9.17, 15) is 35.6 Å². The van der Waals surface area contributed by atoms with Gasteiger partial charge in [0.25, 0.3) is 5.56 Å². The molecular weight excluding hydrogens is 465 g/mol. The van der Waals surface area contributed by atoms with Gasteiger partial charge in [-0.1, -0.05) is 11.6 Å². The molecule has 160 valence electrons. The number of hydrogen-bond donors (Lipinski definition) is 1. The van der Waals surface area contributed by atoms with E-state index in [0.29, 0.717) is 16.7 Å². The Morgan fingerprint density at radius 3 is 2.38 bits per heavy atom. The zero-order chi connectivity index (χ0) is 22.1. The van der Waals surface area contributed by atoms with Crippen molar-refractivity contribution in [3.05, 3.63) is 55.6 Å². The van der Waals surface area contributed by atoms with Crippen molar-refractivity contribution in [2.24, 2.45) is 7.05 Å². The van der Waals surface area contributed by atoms with Crippen LogP contribution in [0.25, 0.3) is 5.69 Å². The molecule has 1 heterocycles. The Labute approximate surface area is 171 Å². The number of anilines is 1. The molecule has 1 aromatic heterocycles. The van der Waals surface area contributed by atoms with Crippen LogP contribution < -0.4 is 16.0 Å². The zero-order valence-corrected chi connectivity index (χ0v) is 16.9.